The molecule has 0 N–H and O–H groups in total. The van der Waals surface area contributed by atoms with Crippen LogP contribution in [0, 0.1) is 0 Å². The standard InChI is InChI=1S/C20H21Cl2N3O3/c1-14-11-26-20(28-14,12-25(3)24-13-23-2)18-9-8-17(10-19(18)22)27-16-6-4-15(21)5-7-16/h4-10,13-14H,2,11-12H2,1,3H3/b24-13-. The molecule has 0 saturated carbocycles. The largest absolute Gasteiger partial charge is 0.457 e. The van der Waals surface area contributed by atoms with Gasteiger partial charge in [0.15, 0.2) is 0 Å². The molecule has 2 aromatic carbocycles. The van der Waals surface area contributed by atoms with Crippen LogP contribution >= 0.6 is 23.2 Å². The van der Waals surface area contributed by atoms with Crippen LogP contribution in [0.15, 0.2) is 52.6 Å². The SMILES string of the molecule is C=N/C=N\N(C)CC1(c2ccc(Oc3ccc(Cl)cc3)cc2Cl)OCC(C)O1. The van der Waals surface area contributed by atoms with Crippen LogP contribution in [-0.2, 0) is 15.3 Å². The minimum absolute atomic E-state index is 0.0732. The minimum Gasteiger partial charge on any atom is -0.457 e. The smallest absolute Gasteiger partial charge is 0.216 e. The van der Waals surface area contributed by atoms with Gasteiger partial charge >= 0.3 is 0 Å². The third kappa shape index (κ3) is 4.83. The predicted molar refractivity (Wildman–Crippen MR) is 112 cm³/mol. The quantitative estimate of drug-likeness (QED) is 0.360. The number of likely N-dealkylation sites (N-methyl/N-ethyl adjacent to an activating group) is 1. The molecule has 1 saturated heterocycles. The van der Waals surface area contributed by atoms with E-state index in [1.165, 1.54) is 6.34 Å². The molecule has 0 radical (unpaired) electrons. The number of halogens is 2. The molecule has 1 aliphatic heterocycles. The highest BCUT2D eigenvalue weighted by Gasteiger charge is 2.44. The lowest BCUT2D eigenvalue weighted by molar-refractivity contribution is -0.185. The van der Waals surface area contributed by atoms with E-state index in [1.54, 1.807) is 42.4 Å². The Balaban J connectivity index is 1.85. The van der Waals surface area contributed by atoms with Crippen molar-refractivity contribution in [3.8, 4) is 11.5 Å². The summed E-state index contributed by atoms with van der Waals surface area (Å²) in [6.07, 6.45) is 1.28. The van der Waals surface area contributed by atoms with Crippen molar-refractivity contribution in [2.75, 3.05) is 20.2 Å². The number of rotatable bonds is 7. The highest BCUT2D eigenvalue weighted by molar-refractivity contribution is 6.31. The maximum absolute atomic E-state index is 6.58. The molecule has 28 heavy (non-hydrogen) atoms. The van der Waals surface area contributed by atoms with Crippen LogP contribution < -0.4 is 4.74 Å². The van der Waals surface area contributed by atoms with E-state index in [1.807, 2.05) is 19.1 Å². The summed E-state index contributed by atoms with van der Waals surface area (Å²) in [5, 5.41) is 6.94. The molecule has 1 fully saturated rings. The van der Waals surface area contributed by atoms with Crippen LogP contribution in [0.4, 0.5) is 0 Å². The minimum atomic E-state index is -1.04. The van der Waals surface area contributed by atoms with Gasteiger partial charge in [-0.2, -0.15) is 5.10 Å². The highest BCUT2D eigenvalue weighted by Crippen LogP contribution is 2.40. The number of hydrazone groups is 1. The monoisotopic (exact) mass is 421 g/mol. The van der Waals surface area contributed by atoms with Crippen molar-refractivity contribution in [1.29, 1.82) is 0 Å². The number of aliphatic imine (C=N–C) groups is 1. The van der Waals surface area contributed by atoms with Gasteiger partial charge in [0.2, 0.25) is 5.79 Å². The average molecular weight is 422 g/mol. The van der Waals surface area contributed by atoms with E-state index < -0.39 is 5.79 Å². The molecule has 0 aromatic heterocycles. The summed E-state index contributed by atoms with van der Waals surface area (Å²) in [6.45, 7) is 6.12. The first-order valence-electron chi connectivity index (χ1n) is 8.66. The maximum Gasteiger partial charge on any atom is 0.216 e. The maximum atomic E-state index is 6.58. The molecule has 2 atom stereocenters. The first-order valence-corrected chi connectivity index (χ1v) is 9.42. The van der Waals surface area contributed by atoms with Gasteiger partial charge in [0, 0.05) is 17.6 Å². The topological polar surface area (TPSA) is 55.7 Å². The predicted octanol–water partition coefficient (Wildman–Crippen LogP) is 4.95. The number of hydrogen-bond acceptors (Lipinski definition) is 5. The highest BCUT2D eigenvalue weighted by atomic mass is 35.5. The lowest BCUT2D eigenvalue weighted by Gasteiger charge is -2.32. The molecule has 2 aromatic rings. The van der Waals surface area contributed by atoms with E-state index in [2.05, 4.69) is 16.8 Å². The molecule has 3 rings (SSSR count). The van der Waals surface area contributed by atoms with E-state index in [9.17, 15) is 0 Å². The number of nitrogens with zero attached hydrogens (tertiary/aromatic N) is 3. The lowest BCUT2D eigenvalue weighted by Crippen LogP contribution is -2.39. The van der Waals surface area contributed by atoms with Gasteiger partial charge in [-0.3, -0.25) is 10.0 Å². The van der Waals surface area contributed by atoms with Crippen molar-refractivity contribution >= 4 is 36.3 Å². The van der Waals surface area contributed by atoms with Crippen LogP contribution in [-0.4, -0.2) is 44.4 Å². The van der Waals surface area contributed by atoms with Gasteiger partial charge in [-0.05, 0) is 56.1 Å². The Labute approximate surface area is 174 Å². The van der Waals surface area contributed by atoms with Crippen LogP contribution in [0.25, 0.3) is 0 Å². The molecular formula is C20H21Cl2N3O3. The summed E-state index contributed by atoms with van der Waals surface area (Å²) in [7, 11) is 1.80. The Bertz CT molecular complexity index is 860. The van der Waals surface area contributed by atoms with Crippen LogP contribution in [0.1, 0.15) is 12.5 Å². The van der Waals surface area contributed by atoms with Gasteiger partial charge in [0.05, 0.1) is 24.3 Å². The summed E-state index contributed by atoms with van der Waals surface area (Å²) < 4.78 is 18.0. The first-order chi connectivity index (χ1) is 13.4. The van der Waals surface area contributed by atoms with Crippen molar-refractivity contribution in [3.05, 3.63) is 58.1 Å². The zero-order chi connectivity index (χ0) is 20.1. The Morgan fingerprint density at radius 3 is 2.57 bits per heavy atom. The Morgan fingerprint density at radius 1 is 1.25 bits per heavy atom. The fourth-order valence-electron chi connectivity index (χ4n) is 2.93. The van der Waals surface area contributed by atoms with Gasteiger partial charge in [0.1, 0.15) is 17.8 Å². The van der Waals surface area contributed by atoms with E-state index in [0.717, 1.165) is 0 Å². The van der Waals surface area contributed by atoms with Crippen LogP contribution in [0.5, 0.6) is 11.5 Å². The van der Waals surface area contributed by atoms with Crippen LogP contribution in [0.2, 0.25) is 10.0 Å². The molecule has 1 aliphatic rings. The summed E-state index contributed by atoms with van der Waals surface area (Å²) in [5.41, 5.74) is 0.704. The van der Waals surface area contributed by atoms with E-state index in [-0.39, 0.29) is 6.10 Å². The molecule has 0 aliphatic carbocycles. The van der Waals surface area contributed by atoms with Gasteiger partial charge in [0.25, 0.3) is 0 Å². The second-order valence-electron chi connectivity index (χ2n) is 6.42. The number of hydrogen-bond donors (Lipinski definition) is 0. The van der Waals surface area contributed by atoms with Crippen molar-refractivity contribution < 1.29 is 14.2 Å². The summed E-state index contributed by atoms with van der Waals surface area (Å²) in [4.78, 5) is 3.62. The van der Waals surface area contributed by atoms with Gasteiger partial charge in [-0.15, -0.1) is 0 Å². The zero-order valence-corrected chi connectivity index (χ0v) is 17.2. The summed E-state index contributed by atoms with van der Waals surface area (Å²) in [5.74, 6) is 0.221. The fourth-order valence-corrected chi connectivity index (χ4v) is 3.37. The molecule has 0 amide bonds. The first kappa shape index (κ1) is 20.6. The molecule has 1 heterocycles. The van der Waals surface area contributed by atoms with Crippen molar-refractivity contribution in [3.63, 3.8) is 0 Å². The second kappa shape index (κ2) is 8.92. The van der Waals surface area contributed by atoms with Crippen molar-refractivity contribution in [1.82, 2.24) is 5.01 Å². The molecule has 0 bridgehead atoms. The molecule has 148 valence electrons. The Morgan fingerprint density at radius 2 is 1.96 bits per heavy atom. The average Bonchev–Trinajstić information content (AvgIpc) is 3.03. The van der Waals surface area contributed by atoms with E-state index >= 15 is 0 Å². The van der Waals surface area contributed by atoms with Gasteiger partial charge in [-0.25, -0.2) is 0 Å². The third-order valence-corrected chi connectivity index (χ3v) is 4.68. The second-order valence-corrected chi connectivity index (χ2v) is 7.26. The number of benzene rings is 2. The molecule has 2 unspecified atom stereocenters. The lowest BCUT2D eigenvalue weighted by atomic mass is 10.0. The summed E-state index contributed by atoms with van der Waals surface area (Å²) >= 11 is 12.5. The Kier molecular flexibility index (Phi) is 6.57. The van der Waals surface area contributed by atoms with Gasteiger partial charge < -0.3 is 14.2 Å². The van der Waals surface area contributed by atoms with Gasteiger partial charge in [-0.1, -0.05) is 23.2 Å². The molecule has 8 heteroatoms. The van der Waals surface area contributed by atoms with Crippen LogP contribution in [0.3, 0.4) is 0 Å². The Hall–Kier alpha value is -2.12. The van der Waals surface area contributed by atoms with E-state index in [4.69, 9.17) is 37.4 Å². The molecule has 6 nitrogen and oxygen atoms in total. The van der Waals surface area contributed by atoms with Crippen molar-refractivity contribution in [2.45, 2.75) is 18.8 Å². The molecular weight excluding hydrogens is 401 g/mol. The molecule has 0 spiro atoms. The fraction of sp³-hybridized carbons (Fsp3) is 0.300. The van der Waals surface area contributed by atoms with Crippen molar-refractivity contribution in [2.24, 2.45) is 10.1 Å². The zero-order valence-electron chi connectivity index (χ0n) is 15.6. The van der Waals surface area contributed by atoms with E-state index in [0.29, 0.717) is 40.3 Å². The summed E-state index contributed by atoms with van der Waals surface area (Å²) in [6, 6.07) is 12.5. The third-order valence-electron chi connectivity index (χ3n) is 4.11. The number of ether oxygens (including phenoxy) is 3. The normalized spacial score (nSPS) is 21.8.